The van der Waals surface area contributed by atoms with Gasteiger partial charge in [0.15, 0.2) is 0 Å². The number of benzene rings is 2. The first-order valence-corrected chi connectivity index (χ1v) is 6.61. The van der Waals surface area contributed by atoms with Crippen LogP contribution >= 0.6 is 0 Å². The molecule has 0 aliphatic carbocycles. The van der Waals surface area contributed by atoms with Crippen LogP contribution in [0.2, 0.25) is 0 Å². The third kappa shape index (κ3) is 2.15. The number of nitrogens with zero attached hydrogens (tertiary/aromatic N) is 1. The Morgan fingerprint density at radius 3 is 2.47 bits per heavy atom. The van der Waals surface area contributed by atoms with E-state index < -0.39 is 0 Å². The first-order valence-electron chi connectivity index (χ1n) is 6.61. The average molecular weight is 250 g/mol. The van der Waals surface area contributed by atoms with Crippen molar-refractivity contribution < 1.29 is 0 Å². The van der Waals surface area contributed by atoms with Gasteiger partial charge >= 0.3 is 0 Å². The molecule has 1 aliphatic rings. The minimum Gasteiger partial charge on any atom is -0.358 e. The van der Waals surface area contributed by atoms with Gasteiger partial charge in [0.05, 0.1) is 6.17 Å². The van der Waals surface area contributed by atoms with E-state index in [1.165, 1.54) is 22.4 Å². The number of rotatable bonds is 1. The molecular formula is C17H18N2. The lowest BCUT2D eigenvalue weighted by atomic mass is 9.96. The van der Waals surface area contributed by atoms with Gasteiger partial charge in [-0.25, -0.2) is 0 Å². The summed E-state index contributed by atoms with van der Waals surface area (Å²) >= 11 is 0. The SMILES string of the molecule is CN1c2ccccc2C(c2ccccc2)=CCC1N. The number of anilines is 1. The van der Waals surface area contributed by atoms with Crippen LogP contribution in [0.3, 0.4) is 0 Å². The van der Waals surface area contributed by atoms with E-state index in [-0.39, 0.29) is 6.17 Å². The van der Waals surface area contributed by atoms with Crippen molar-refractivity contribution in [2.75, 3.05) is 11.9 Å². The maximum atomic E-state index is 6.21. The Bertz CT molecular complexity index is 602. The van der Waals surface area contributed by atoms with E-state index in [4.69, 9.17) is 5.73 Å². The van der Waals surface area contributed by atoms with Gasteiger partial charge in [-0.05, 0) is 23.6 Å². The molecule has 3 rings (SSSR count). The van der Waals surface area contributed by atoms with E-state index in [0.717, 1.165) is 6.42 Å². The first kappa shape index (κ1) is 12.0. The predicted molar refractivity (Wildman–Crippen MR) is 81.0 cm³/mol. The van der Waals surface area contributed by atoms with Gasteiger partial charge in [-0.2, -0.15) is 0 Å². The summed E-state index contributed by atoms with van der Waals surface area (Å²) in [7, 11) is 2.06. The molecule has 0 fully saturated rings. The van der Waals surface area contributed by atoms with Crippen molar-refractivity contribution in [1.82, 2.24) is 0 Å². The second-order valence-corrected chi connectivity index (χ2v) is 4.91. The van der Waals surface area contributed by atoms with E-state index in [2.05, 4.69) is 66.6 Å². The van der Waals surface area contributed by atoms with Crippen molar-refractivity contribution in [2.45, 2.75) is 12.6 Å². The van der Waals surface area contributed by atoms with Crippen LogP contribution in [0.25, 0.3) is 5.57 Å². The zero-order valence-corrected chi connectivity index (χ0v) is 11.1. The summed E-state index contributed by atoms with van der Waals surface area (Å²) in [5.74, 6) is 0. The summed E-state index contributed by atoms with van der Waals surface area (Å²) in [5.41, 5.74) is 11.2. The van der Waals surface area contributed by atoms with Crippen LogP contribution in [0.1, 0.15) is 17.5 Å². The normalized spacial score (nSPS) is 18.5. The number of fused-ring (bicyclic) bond motifs is 1. The molecule has 1 unspecified atom stereocenters. The van der Waals surface area contributed by atoms with Crippen molar-refractivity contribution in [3.8, 4) is 0 Å². The van der Waals surface area contributed by atoms with Gasteiger partial charge in [0.25, 0.3) is 0 Å². The second kappa shape index (κ2) is 4.90. The van der Waals surface area contributed by atoms with Crippen molar-refractivity contribution in [3.63, 3.8) is 0 Å². The summed E-state index contributed by atoms with van der Waals surface area (Å²) in [4.78, 5) is 2.15. The molecule has 2 aromatic carbocycles. The van der Waals surface area contributed by atoms with Gasteiger partial charge in [0.1, 0.15) is 0 Å². The molecule has 0 spiro atoms. The molecule has 0 saturated carbocycles. The third-order valence-electron chi connectivity index (χ3n) is 3.72. The Morgan fingerprint density at radius 1 is 1.00 bits per heavy atom. The number of hydrogen-bond donors (Lipinski definition) is 1. The molecule has 2 N–H and O–H groups in total. The van der Waals surface area contributed by atoms with Crippen LogP contribution in [-0.2, 0) is 0 Å². The summed E-state index contributed by atoms with van der Waals surface area (Å²) in [6, 6.07) is 19.0. The van der Waals surface area contributed by atoms with E-state index in [9.17, 15) is 0 Å². The molecule has 0 saturated heterocycles. The Hall–Kier alpha value is -2.06. The fraction of sp³-hybridized carbons (Fsp3) is 0.176. The lowest BCUT2D eigenvalue weighted by Crippen LogP contribution is -2.38. The predicted octanol–water partition coefficient (Wildman–Crippen LogP) is 3.24. The maximum Gasteiger partial charge on any atom is 0.0802 e. The molecule has 2 nitrogen and oxygen atoms in total. The van der Waals surface area contributed by atoms with Crippen LogP contribution in [-0.4, -0.2) is 13.2 Å². The minimum atomic E-state index is 0.0300. The van der Waals surface area contributed by atoms with Gasteiger partial charge in [-0.1, -0.05) is 54.6 Å². The van der Waals surface area contributed by atoms with E-state index in [0.29, 0.717) is 0 Å². The highest BCUT2D eigenvalue weighted by Crippen LogP contribution is 2.34. The summed E-state index contributed by atoms with van der Waals surface area (Å²) in [6.07, 6.45) is 3.14. The van der Waals surface area contributed by atoms with Crippen molar-refractivity contribution in [3.05, 3.63) is 71.8 Å². The molecule has 1 atom stereocenters. The van der Waals surface area contributed by atoms with Gasteiger partial charge < -0.3 is 10.6 Å². The summed E-state index contributed by atoms with van der Waals surface area (Å²) in [6.45, 7) is 0. The van der Waals surface area contributed by atoms with Crippen LogP contribution in [0.5, 0.6) is 0 Å². The lowest BCUT2D eigenvalue weighted by molar-refractivity contribution is 0.670. The van der Waals surface area contributed by atoms with E-state index in [1.807, 2.05) is 6.07 Å². The van der Waals surface area contributed by atoms with Crippen molar-refractivity contribution in [1.29, 1.82) is 0 Å². The zero-order valence-electron chi connectivity index (χ0n) is 11.1. The number of hydrogen-bond acceptors (Lipinski definition) is 2. The fourth-order valence-electron chi connectivity index (χ4n) is 2.59. The highest BCUT2D eigenvalue weighted by molar-refractivity contribution is 5.87. The molecule has 0 bridgehead atoms. The van der Waals surface area contributed by atoms with Crippen LogP contribution in [0, 0.1) is 0 Å². The van der Waals surface area contributed by atoms with E-state index in [1.54, 1.807) is 0 Å². The molecule has 2 heteroatoms. The molecule has 0 radical (unpaired) electrons. The minimum absolute atomic E-state index is 0.0300. The molecule has 96 valence electrons. The maximum absolute atomic E-state index is 6.21. The average Bonchev–Trinajstić information content (AvgIpc) is 2.59. The van der Waals surface area contributed by atoms with Gasteiger partial charge in [0, 0.05) is 18.3 Å². The molecule has 0 amide bonds. The smallest absolute Gasteiger partial charge is 0.0802 e. The monoisotopic (exact) mass is 250 g/mol. The number of para-hydroxylation sites is 1. The Morgan fingerprint density at radius 2 is 1.68 bits per heavy atom. The second-order valence-electron chi connectivity index (χ2n) is 4.91. The molecular weight excluding hydrogens is 232 g/mol. The molecule has 1 heterocycles. The Kier molecular flexibility index (Phi) is 3.10. The highest BCUT2D eigenvalue weighted by Gasteiger charge is 2.19. The van der Waals surface area contributed by atoms with Crippen molar-refractivity contribution >= 4 is 11.3 Å². The Labute approximate surface area is 114 Å². The third-order valence-corrected chi connectivity index (χ3v) is 3.72. The van der Waals surface area contributed by atoms with Crippen molar-refractivity contribution in [2.24, 2.45) is 5.73 Å². The topological polar surface area (TPSA) is 29.3 Å². The standard InChI is InChI=1S/C17H18N2/c1-19-16-10-6-5-9-15(16)14(11-12-17(19)18)13-7-3-2-4-8-13/h2-11,17H,12,18H2,1H3. The molecule has 1 aliphatic heterocycles. The highest BCUT2D eigenvalue weighted by atomic mass is 15.2. The van der Waals surface area contributed by atoms with Gasteiger partial charge in [-0.3, -0.25) is 0 Å². The van der Waals surface area contributed by atoms with Gasteiger partial charge in [-0.15, -0.1) is 0 Å². The lowest BCUT2D eigenvalue weighted by Gasteiger charge is -2.26. The van der Waals surface area contributed by atoms with Crippen LogP contribution < -0.4 is 10.6 Å². The quantitative estimate of drug-likeness (QED) is 0.842. The number of nitrogens with two attached hydrogens (primary N) is 1. The Balaban J connectivity index is 2.17. The summed E-state index contributed by atoms with van der Waals surface area (Å²) < 4.78 is 0. The van der Waals surface area contributed by atoms with Crippen LogP contribution in [0.15, 0.2) is 60.7 Å². The largest absolute Gasteiger partial charge is 0.358 e. The zero-order chi connectivity index (χ0) is 13.2. The summed E-state index contributed by atoms with van der Waals surface area (Å²) in [5, 5.41) is 0. The van der Waals surface area contributed by atoms with E-state index >= 15 is 0 Å². The fourth-order valence-corrected chi connectivity index (χ4v) is 2.59. The molecule has 0 aromatic heterocycles. The molecule has 2 aromatic rings. The molecule has 19 heavy (non-hydrogen) atoms. The first-order chi connectivity index (χ1) is 9.27. The van der Waals surface area contributed by atoms with Gasteiger partial charge in [0.2, 0.25) is 0 Å². The van der Waals surface area contributed by atoms with Crippen LogP contribution in [0.4, 0.5) is 5.69 Å².